The fraction of sp³-hybridized carbons (Fsp3) is 0.444. The molecular weight excluding hydrogens is 459 g/mol. The zero-order valence-corrected chi connectivity index (χ0v) is 21.1. The minimum absolute atomic E-state index is 0.0416. The smallest absolute Gasteiger partial charge is 0.459 e. The van der Waals surface area contributed by atoms with E-state index in [2.05, 4.69) is 10.2 Å². The van der Waals surface area contributed by atoms with Crippen molar-refractivity contribution < 1.29 is 28.8 Å². The zero-order valence-electron chi connectivity index (χ0n) is 21.1. The largest absolute Gasteiger partial charge is 0.492 e. The summed E-state index contributed by atoms with van der Waals surface area (Å²) in [6.07, 6.45) is 2.28. The third-order valence-corrected chi connectivity index (χ3v) is 6.92. The summed E-state index contributed by atoms with van der Waals surface area (Å²) in [7, 11) is -1.06. The molecule has 36 heavy (non-hydrogen) atoms. The predicted octanol–water partition coefficient (Wildman–Crippen LogP) is 1.99. The number of hydrogen-bond donors (Lipinski definition) is 2. The normalized spacial score (nSPS) is 16.2. The van der Waals surface area contributed by atoms with Crippen molar-refractivity contribution in [2.45, 2.75) is 52.9 Å². The molecule has 2 aromatic carbocycles. The minimum atomic E-state index is -1.06. The number of hydrogen-bond acceptors (Lipinski definition) is 7. The molecule has 0 radical (unpaired) electrons. The molecule has 0 unspecified atom stereocenters. The van der Waals surface area contributed by atoms with E-state index in [4.69, 9.17) is 9.39 Å². The maximum absolute atomic E-state index is 13.0. The van der Waals surface area contributed by atoms with Crippen LogP contribution in [-0.4, -0.2) is 60.4 Å². The second-order valence-electron chi connectivity index (χ2n) is 9.88. The van der Waals surface area contributed by atoms with Crippen LogP contribution in [0, 0.1) is 12.8 Å². The van der Waals surface area contributed by atoms with E-state index in [-0.39, 0.29) is 18.3 Å². The van der Waals surface area contributed by atoms with Crippen LogP contribution in [0.1, 0.15) is 64.1 Å². The van der Waals surface area contributed by atoms with E-state index in [1.807, 2.05) is 13.8 Å². The van der Waals surface area contributed by atoms with E-state index < -0.39 is 25.0 Å². The molecule has 1 amide bonds. The number of likely N-dealkylation sites (tertiary alicyclic amines) is 1. The lowest BCUT2D eigenvalue weighted by Crippen LogP contribution is -2.46. The van der Waals surface area contributed by atoms with Gasteiger partial charge >= 0.3 is 13.1 Å². The van der Waals surface area contributed by atoms with Gasteiger partial charge in [-0.1, -0.05) is 44.2 Å². The predicted molar refractivity (Wildman–Crippen MR) is 136 cm³/mol. The number of nitrogens with one attached hydrogen (secondary N) is 1. The van der Waals surface area contributed by atoms with Crippen molar-refractivity contribution in [2.24, 2.45) is 5.92 Å². The van der Waals surface area contributed by atoms with Crippen molar-refractivity contribution in [3.8, 4) is 0 Å². The maximum atomic E-state index is 13.0. The highest BCUT2D eigenvalue weighted by Crippen LogP contribution is 2.17. The highest BCUT2D eigenvalue weighted by molar-refractivity contribution is 6.62. The highest BCUT2D eigenvalue weighted by Gasteiger charge is 2.32. The van der Waals surface area contributed by atoms with E-state index in [0.717, 1.165) is 37.1 Å². The molecule has 2 N–H and O–H groups in total. The summed E-state index contributed by atoms with van der Waals surface area (Å²) in [5.74, 6) is -1.06. The van der Waals surface area contributed by atoms with Crippen molar-refractivity contribution in [1.82, 2.24) is 10.2 Å². The first-order valence-electron chi connectivity index (χ1n) is 12.5. The molecule has 190 valence electrons. The van der Waals surface area contributed by atoms with Gasteiger partial charge in [0.2, 0.25) is 0 Å². The van der Waals surface area contributed by atoms with Crippen LogP contribution in [0.3, 0.4) is 0 Å². The van der Waals surface area contributed by atoms with Gasteiger partial charge in [0, 0.05) is 11.1 Å². The molecule has 2 aliphatic heterocycles. The summed E-state index contributed by atoms with van der Waals surface area (Å²) in [5, 5.41) is 12.9. The Hall–Kier alpha value is -3.01. The number of esters is 1. The van der Waals surface area contributed by atoms with Crippen molar-refractivity contribution in [1.29, 1.82) is 0 Å². The van der Waals surface area contributed by atoms with Gasteiger partial charge in [-0.3, -0.25) is 14.5 Å². The molecule has 1 fully saturated rings. The average Bonchev–Trinajstić information content (AvgIpc) is 3.51. The first kappa shape index (κ1) is 26.1. The minimum Gasteiger partial charge on any atom is -0.459 e. The molecule has 1 atom stereocenters. The lowest BCUT2D eigenvalue weighted by Gasteiger charge is -2.22. The van der Waals surface area contributed by atoms with Crippen molar-refractivity contribution >= 4 is 30.2 Å². The Labute approximate surface area is 212 Å². The monoisotopic (exact) mass is 492 g/mol. The Morgan fingerprint density at radius 1 is 1.11 bits per heavy atom. The van der Waals surface area contributed by atoms with Gasteiger partial charge in [-0.25, -0.2) is 4.79 Å². The van der Waals surface area contributed by atoms with E-state index in [9.17, 15) is 19.4 Å². The van der Waals surface area contributed by atoms with Crippen LogP contribution in [0.15, 0.2) is 36.4 Å². The molecule has 2 aromatic rings. The number of fused-ring (bicyclic) bond motifs is 1. The summed E-state index contributed by atoms with van der Waals surface area (Å²) in [4.78, 5) is 40.5. The van der Waals surface area contributed by atoms with Crippen LogP contribution in [0.5, 0.6) is 0 Å². The SMILES string of the molecule is Cc1c(C(=O)N[C@H](C(=O)OCc2ccc(C(=O)CN3CCCC3)cc2)C(C)C)ccc2c1B(O)OC2. The molecule has 0 spiro atoms. The summed E-state index contributed by atoms with van der Waals surface area (Å²) < 4.78 is 10.8. The fourth-order valence-corrected chi connectivity index (χ4v) is 4.74. The first-order valence-corrected chi connectivity index (χ1v) is 12.5. The van der Waals surface area contributed by atoms with E-state index in [1.54, 1.807) is 43.3 Å². The fourth-order valence-electron chi connectivity index (χ4n) is 4.74. The standard InChI is InChI=1S/C27H33BN2O6/c1-17(2)25(29-26(32)22-11-10-21-16-36-28(34)24(21)18(22)3)27(33)35-15-19-6-8-20(9-7-19)23(31)14-30-12-4-5-13-30/h6-11,17,25,34H,4-5,12-16H2,1-3H3,(H,29,32)/t25-/m0/s1. The van der Waals surface area contributed by atoms with Crippen molar-refractivity contribution in [2.75, 3.05) is 19.6 Å². The number of ether oxygens (including phenoxy) is 1. The van der Waals surface area contributed by atoms with Crippen LogP contribution in [0.2, 0.25) is 0 Å². The summed E-state index contributed by atoms with van der Waals surface area (Å²) in [6.45, 7) is 8.13. The zero-order chi connectivity index (χ0) is 25.8. The molecule has 1 saturated heterocycles. The van der Waals surface area contributed by atoms with Crippen LogP contribution in [-0.2, 0) is 27.4 Å². The van der Waals surface area contributed by atoms with Gasteiger partial charge < -0.3 is 19.7 Å². The second-order valence-corrected chi connectivity index (χ2v) is 9.88. The third-order valence-electron chi connectivity index (χ3n) is 6.92. The first-order chi connectivity index (χ1) is 17.2. The van der Waals surface area contributed by atoms with Crippen molar-refractivity contribution in [3.63, 3.8) is 0 Å². The Morgan fingerprint density at radius 3 is 2.47 bits per heavy atom. The summed E-state index contributed by atoms with van der Waals surface area (Å²) in [5.41, 5.74) is 3.87. The molecule has 2 aliphatic rings. The van der Waals surface area contributed by atoms with Gasteiger partial charge in [0.25, 0.3) is 5.91 Å². The molecular formula is C27H33BN2O6. The molecule has 0 aliphatic carbocycles. The summed E-state index contributed by atoms with van der Waals surface area (Å²) >= 11 is 0. The summed E-state index contributed by atoms with van der Waals surface area (Å²) in [6, 6.07) is 9.70. The molecule has 4 rings (SSSR count). The van der Waals surface area contributed by atoms with Gasteiger partial charge in [-0.05, 0) is 67.0 Å². The Kier molecular flexibility index (Phi) is 8.23. The van der Waals surface area contributed by atoms with Crippen LogP contribution < -0.4 is 10.8 Å². The number of Topliss-reactive ketones (excluding diaryl/α,β-unsaturated/α-hetero) is 1. The molecule has 0 saturated carbocycles. The Bertz CT molecular complexity index is 1130. The third kappa shape index (κ3) is 5.86. The van der Waals surface area contributed by atoms with Crippen LogP contribution in [0.4, 0.5) is 0 Å². The van der Waals surface area contributed by atoms with Crippen LogP contribution >= 0.6 is 0 Å². The van der Waals surface area contributed by atoms with E-state index >= 15 is 0 Å². The molecule has 0 bridgehead atoms. The highest BCUT2D eigenvalue weighted by atomic mass is 16.5. The molecule has 8 nitrogen and oxygen atoms in total. The lowest BCUT2D eigenvalue weighted by atomic mass is 9.75. The second kappa shape index (κ2) is 11.4. The topological polar surface area (TPSA) is 105 Å². The van der Waals surface area contributed by atoms with Gasteiger partial charge in [-0.15, -0.1) is 0 Å². The maximum Gasteiger partial charge on any atom is 0.492 e. The Morgan fingerprint density at radius 2 is 1.81 bits per heavy atom. The van der Waals surface area contributed by atoms with Gasteiger partial charge in [0.15, 0.2) is 5.78 Å². The number of amides is 1. The van der Waals surface area contributed by atoms with E-state index in [1.165, 1.54) is 0 Å². The number of carbonyl (C=O) groups is 3. The number of rotatable bonds is 9. The molecule has 0 aromatic heterocycles. The van der Waals surface area contributed by atoms with Gasteiger partial charge in [0.1, 0.15) is 12.6 Å². The van der Waals surface area contributed by atoms with E-state index in [0.29, 0.717) is 35.3 Å². The van der Waals surface area contributed by atoms with Crippen molar-refractivity contribution in [3.05, 3.63) is 64.2 Å². The quantitative estimate of drug-likeness (QED) is 0.313. The Balaban J connectivity index is 1.35. The molecule has 9 heteroatoms. The molecule has 2 heterocycles. The number of carbonyl (C=O) groups excluding carboxylic acids is 3. The van der Waals surface area contributed by atoms with Gasteiger partial charge in [0.05, 0.1) is 13.2 Å². The number of benzene rings is 2. The number of ketones is 1. The van der Waals surface area contributed by atoms with Gasteiger partial charge in [-0.2, -0.15) is 0 Å². The number of nitrogens with zero attached hydrogens (tertiary/aromatic N) is 1. The van der Waals surface area contributed by atoms with Crippen LogP contribution in [0.25, 0.3) is 0 Å². The lowest BCUT2D eigenvalue weighted by molar-refractivity contribution is -0.148. The average molecular weight is 492 g/mol.